The highest BCUT2D eigenvalue weighted by Gasteiger charge is 2.12. The maximum absolute atomic E-state index is 11.2. The second kappa shape index (κ2) is 8.84. The van der Waals surface area contributed by atoms with Crippen molar-refractivity contribution < 1.29 is 4.79 Å². The Morgan fingerprint density at radius 3 is 2.40 bits per heavy atom. The molecule has 0 saturated heterocycles. The van der Waals surface area contributed by atoms with Gasteiger partial charge in [-0.15, -0.1) is 0 Å². The topological polar surface area (TPSA) is 43.1 Å². The summed E-state index contributed by atoms with van der Waals surface area (Å²) in [5.41, 5.74) is 9.61. The van der Waals surface area contributed by atoms with Crippen LogP contribution in [0, 0.1) is 5.92 Å². The van der Waals surface area contributed by atoms with E-state index in [0.29, 0.717) is 5.56 Å². The van der Waals surface area contributed by atoms with Gasteiger partial charge in [0.25, 0.3) is 0 Å². The lowest BCUT2D eigenvalue weighted by molar-refractivity contribution is 0.100. The zero-order valence-corrected chi connectivity index (χ0v) is 15.0. The summed E-state index contributed by atoms with van der Waals surface area (Å²) in [6.45, 7) is 0. The van der Waals surface area contributed by atoms with E-state index in [1.165, 1.54) is 62.5 Å². The molecule has 2 nitrogen and oxygen atoms in total. The molecule has 0 bridgehead atoms. The standard InChI is InChI=1S/C23H29NO/c24-23(25)21-15-13-20(14-16-21)22-12-6-11-19(17-22)10-5-4-9-18-7-2-1-3-8-18/h6,11-18H,1-5,7-10H2,(H2,24,25). The van der Waals surface area contributed by atoms with Crippen molar-refractivity contribution in [1.82, 2.24) is 0 Å². The Labute approximate surface area is 151 Å². The number of nitrogens with two attached hydrogens (primary N) is 1. The summed E-state index contributed by atoms with van der Waals surface area (Å²) in [6.07, 6.45) is 12.4. The summed E-state index contributed by atoms with van der Waals surface area (Å²) in [5, 5.41) is 0. The molecule has 0 atom stereocenters. The molecule has 1 aliphatic rings. The van der Waals surface area contributed by atoms with Crippen LogP contribution in [0.15, 0.2) is 48.5 Å². The van der Waals surface area contributed by atoms with Crippen molar-refractivity contribution in [2.45, 2.75) is 57.8 Å². The molecule has 1 saturated carbocycles. The SMILES string of the molecule is NC(=O)c1ccc(-c2cccc(CCCCC3CCCCC3)c2)cc1. The molecule has 3 rings (SSSR count). The first-order valence-electron chi connectivity index (χ1n) is 9.71. The van der Waals surface area contributed by atoms with E-state index in [1.807, 2.05) is 12.1 Å². The van der Waals surface area contributed by atoms with Gasteiger partial charge in [0.05, 0.1) is 0 Å². The highest BCUT2D eigenvalue weighted by molar-refractivity contribution is 5.93. The third-order valence-electron chi connectivity index (χ3n) is 5.48. The molecule has 0 heterocycles. The molecule has 0 aliphatic heterocycles. The predicted octanol–water partition coefficient (Wildman–Crippen LogP) is 5.75. The molecule has 2 aromatic carbocycles. The van der Waals surface area contributed by atoms with Gasteiger partial charge in [0.1, 0.15) is 0 Å². The van der Waals surface area contributed by atoms with Gasteiger partial charge in [-0.05, 0) is 47.6 Å². The minimum atomic E-state index is -0.377. The smallest absolute Gasteiger partial charge is 0.248 e. The van der Waals surface area contributed by atoms with Gasteiger partial charge in [-0.3, -0.25) is 4.79 Å². The van der Waals surface area contributed by atoms with Gasteiger partial charge >= 0.3 is 0 Å². The van der Waals surface area contributed by atoms with Gasteiger partial charge in [0.15, 0.2) is 0 Å². The van der Waals surface area contributed by atoms with Crippen molar-refractivity contribution in [3.63, 3.8) is 0 Å². The van der Waals surface area contributed by atoms with Crippen LogP contribution in [-0.2, 0) is 6.42 Å². The number of carbonyl (C=O) groups excluding carboxylic acids is 1. The number of aryl methyl sites for hydroxylation is 1. The number of carbonyl (C=O) groups is 1. The minimum absolute atomic E-state index is 0.377. The second-order valence-corrected chi connectivity index (χ2v) is 7.39. The first-order chi connectivity index (χ1) is 12.2. The molecule has 0 aromatic heterocycles. The van der Waals surface area contributed by atoms with E-state index in [4.69, 9.17) is 5.73 Å². The van der Waals surface area contributed by atoms with Crippen molar-refractivity contribution in [3.8, 4) is 11.1 Å². The van der Waals surface area contributed by atoms with Crippen LogP contribution in [0.4, 0.5) is 0 Å². The van der Waals surface area contributed by atoms with Crippen LogP contribution in [0.3, 0.4) is 0 Å². The summed E-state index contributed by atoms with van der Waals surface area (Å²) in [7, 11) is 0. The van der Waals surface area contributed by atoms with E-state index in [2.05, 4.69) is 24.3 Å². The van der Waals surface area contributed by atoms with E-state index in [9.17, 15) is 4.79 Å². The number of unbranched alkanes of at least 4 members (excludes halogenated alkanes) is 1. The number of hydrogen-bond donors (Lipinski definition) is 1. The number of benzene rings is 2. The molecule has 25 heavy (non-hydrogen) atoms. The summed E-state index contributed by atoms with van der Waals surface area (Å²) >= 11 is 0. The van der Waals surface area contributed by atoms with Crippen molar-refractivity contribution in [3.05, 3.63) is 59.7 Å². The minimum Gasteiger partial charge on any atom is -0.366 e. The lowest BCUT2D eigenvalue weighted by atomic mass is 9.85. The highest BCUT2D eigenvalue weighted by Crippen LogP contribution is 2.28. The van der Waals surface area contributed by atoms with E-state index in [0.717, 1.165) is 17.9 Å². The summed E-state index contributed by atoms with van der Waals surface area (Å²) < 4.78 is 0. The van der Waals surface area contributed by atoms with Gasteiger partial charge < -0.3 is 5.73 Å². The highest BCUT2D eigenvalue weighted by atomic mass is 16.1. The first-order valence-corrected chi connectivity index (χ1v) is 9.71. The van der Waals surface area contributed by atoms with Gasteiger partial charge in [0.2, 0.25) is 5.91 Å². The molecular weight excluding hydrogens is 306 g/mol. The summed E-state index contributed by atoms with van der Waals surface area (Å²) in [5.74, 6) is 0.613. The van der Waals surface area contributed by atoms with Gasteiger partial charge in [-0.25, -0.2) is 0 Å². The third kappa shape index (κ3) is 5.19. The fourth-order valence-electron chi connectivity index (χ4n) is 3.97. The average Bonchev–Trinajstić information content (AvgIpc) is 2.66. The maximum Gasteiger partial charge on any atom is 0.248 e. The number of primary amides is 1. The lowest BCUT2D eigenvalue weighted by Gasteiger charge is -2.21. The zero-order chi connectivity index (χ0) is 17.5. The molecule has 0 spiro atoms. The Morgan fingerprint density at radius 1 is 0.920 bits per heavy atom. The molecule has 1 amide bonds. The monoisotopic (exact) mass is 335 g/mol. The summed E-state index contributed by atoms with van der Waals surface area (Å²) in [4.78, 5) is 11.2. The van der Waals surface area contributed by atoms with Crippen molar-refractivity contribution >= 4 is 5.91 Å². The zero-order valence-electron chi connectivity index (χ0n) is 15.0. The molecular formula is C23H29NO. The molecule has 2 aromatic rings. The van der Waals surface area contributed by atoms with E-state index < -0.39 is 0 Å². The second-order valence-electron chi connectivity index (χ2n) is 7.39. The normalized spacial score (nSPS) is 15.2. The van der Waals surface area contributed by atoms with Crippen LogP contribution < -0.4 is 5.73 Å². The van der Waals surface area contributed by atoms with Gasteiger partial charge in [-0.1, -0.05) is 81.3 Å². The molecule has 1 fully saturated rings. The quantitative estimate of drug-likeness (QED) is 0.644. The van der Waals surface area contributed by atoms with Crippen LogP contribution in [0.1, 0.15) is 67.3 Å². The third-order valence-corrected chi connectivity index (χ3v) is 5.48. The van der Waals surface area contributed by atoms with Crippen molar-refractivity contribution in [2.24, 2.45) is 11.7 Å². The summed E-state index contributed by atoms with van der Waals surface area (Å²) in [6, 6.07) is 16.3. The Kier molecular flexibility index (Phi) is 6.27. The van der Waals surface area contributed by atoms with Crippen LogP contribution in [0.25, 0.3) is 11.1 Å². The van der Waals surface area contributed by atoms with E-state index >= 15 is 0 Å². The largest absolute Gasteiger partial charge is 0.366 e. The first kappa shape index (κ1) is 17.7. The number of hydrogen-bond acceptors (Lipinski definition) is 1. The van der Waals surface area contributed by atoms with E-state index in [-0.39, 0.29) is 5.91 Å². The van der Waals surface area contributed by atoms with E-state index in [1.54, 1.807) is 12.1 Å². The van der Waals surface area contributed by atoms with Crippen LogP contribution in [0.5, 0.6) is 0 Å². The van der Waals surface area contributed by atoms with Crippen molar-refractivity contribution in [2.75, 3.05) is 0 Å². The molecule has 0 unspecified atom stereocenters. The Morgan fingerprint density at radius 2 is 1.68 bits per heavy atom. The molecule has 2 heteroatoms. The maximum atomic E-state index is 11.2. The Bertz CT molecular complexity index is 683. The number of amides is 1. The van der Waals surface area contributed by atoms with Gasteiger partial charge in [0, 0.05) is 5.56 Å². The molecule has 1 aliphatic carbocycles. The van der Waals surface area contributed by atoms with Crippen LogP contribution in [-0.4, -0.2) is 5.91 Å². The fraction of sp³-hybridized carbons (Fsp3) is 0.435. The van der Waals surface area contributed by atoms with Gasteiger partial charge in [-0.2, -0.15) is 0 Å². The predicted molar refractivity (Wildman–Crippen MR) is 105 cm³/mol. The fourth-order valence-corrected chi connectivity index (χ4v) is 3.97. The Balaban J connectivity index is 1.53. The van der Waals surface area contributed by atoms with Crippen LogP contribution in [0.2, 0.25) is 0 Å². The van der Waals surface area contributed by atoms with Crippen LogP contribution >= 0.6 is 0 Å². The Hall–Kier alpha value is -2.09. The molecule has 132 valence electrons. The van der Waals surface area contributed by atoms with Crippen molar-refractivity contribution in [1.29, 1.82) is 0 Å². The number of rotatable bonds is 7. The average molecular weight is 335 g/mol. The lowest BCUT2D eigenvalue weighted by Crippen LogP contribution is -2.10. The molecule has 2 N–H and O–H groups in total. The molecule has 0 radical (unpaired) electrons.